The number of nitrogens with zero attached hydrogens (tertiary/aromatic N) is 1. The summed E-state index contributed by atoms with van der Waals surface area (Å²) in [6.45, 7) is 3.47. The molecule has 2 fully saturated rings. The maximum absolute atomic E-state index is 13.8. The average Bonchev–Trinajstić information content (AvgIpc) is 2.94. The highest BCUT2D eigenvalue weighted by molar-refractivity contribution is 5.68. The molecule has 0 bridgehead atoms. The van der Waals surface area contributed by atoms with Crippen molar-refractivity contribution in [3.05, 3.63) is 35.9 Å². The SMILES string of the molecule is C[C@@]12CC[C@@H](F)[C@@H]1CN(C(=O)OCc1ccccc1)C2. The number of rotatable bonds is 2. The van der Waals surface area contributed by atoms with Crippen LogP contribution in [0.4, 0.5) is 9.18 Å². The van der Waals surface area contributed by atoms with E-state index in [2.05, 4.69) is 6.92 Å². The molecule has 0 spiro atoms. The van der Waals surface area contributed by atoms with Gasteiger partial charge in [0.25, 0.3) is 0 Å². The predicted octanol–water partition coefficient (Wildman–Crippen LogP) is 3.39. The molecule has 1 amide bonds. The quantitative estimate of drug-likeness (QED) is 0.829. The fraction of sp³-hybridized carbons (Fsp3) is 0.562. The Morgan fingerprint density at radius 1 is 1.45 bits per heavy atom. The summed E-state index contributed by atoms with van der Waals surface area (Å²) in [5.41, 5.74) is 0.903. The molecule has 1 aromatic rings. The first-order valence-corrected chi connectivity index (χ1v) is 7.18. The van der Waals surface area contributed by atoms with E-state index < -0.39 is 6.17 Å². The summed E-state index contributed by atoms with van der Waals surface area (Å²) in [6.07, 6.45) is 0.402. The monoisotopic (exact) mass is 277 g/mol. The van der Waals surface area contributed by atoms with Crippen LogP contribution in [0.3, 0.4) is 0 Å². The Balaban J connectivity index is 1.57. The number of fused-ring (bicyclic) bond motifs is 1. The maximum atomic E-state index is 13.8. The molecule has 3 atom stereocenters. The van der Waals surface area contributed by atoms with Gasteiger partial charge in [0.2, 0.25) is 0 Å². The van der Waals surface area contributed by atoms with Crippen molar-refractivity contribution >= 4 is 6.09 Å². The molecule has 20 heavy (non-hydrogen) atoms. The molecule has 1 heterocycles. The third-order valence-corrected chi connectivity index (χ3v) is 4.76. The molecule has 0 unspecified atom stereocenters. The number of benzene rings is 1. The van der Waals surface area contributed by atoms with Crippen molar-refractivity contribution in [3.63, 3.8) is 0 Å². The fourth-order valence-electron chi connectivity index (χ4n) is 3.51. The molecule has 0 radical (unpaired) electrons. The Morgan fingerprint density at radius 3 is 2.90 bits per heavy atom. The molecular formula is C16H20FNO2. The molecule has 4 heteroatoms. The Bertz CT molecular complexity index is 493. The first kappa shape index (κ1) is 13.4. The van der Waals surface area contributed by atoms with E-state index in [1.807, 2.05) is 30.3 Å². The number of alkyl halides is 1. The van der Waals surface area contributed by atoms with Crippen molar-refractivity contribution < 1.29 is 13.9 Å². The largest absolute Gasteiger partial charge is 0.445 e. The zero-order valence-corrected chi connectivity index (χ0v) is 11.7. The third kappa shape index (κ3) is 2.39. The van der Waals surface area contributed by atoms with Gasteiger partial charge in [-0.2, -0.15) is 0 Å². The zero-order chi connectivity index (χ0) is 14.2. The van der Waals surface area contributed by atoms with Crippen LogP contribution in [-0.2, 0) is 11.3 Å². The first-order valence-electron chi connectivity index (χ1n) is 7.18. The highest BCUT2D eigenvalue weighted by atomic mass is 19.1. The summed E-state index contributed by atoms with van der Waals surface area (Å²) < 4.78 is 19.2. The summed E-state index contributed by atoms with van der Waals surface area (Å²) in [5, 5.41) is 0. The van der Waals surface area contributed by atoms with Gasteiger partial charge in [-0.15, -0.1) is 0 Å². The van der Waals surface area contributed by atoms with Gasteiger partial charge in [0.15, 0.2) is 0 Å². The molecule has 0 N–H and O–H groups in total. The van der Waals surface area contributed by atoms with Crippen molar-refractivity contribution in [2.24, 2.45) is 11.3 Å². The average molecular weight is 277 g/mol. The number of carbonyl (C=O) groups is 1. The molecule has 1 saturated carbocycles. The van der Waals surface area contributed by atoms with Gasteiger partial charge in [0, 0.05) is 19.0 Å². The van der Waals surface area contributed by atoms with Gasteiger partial charge in [-0.25, -0.2) is 9.18 Å². The van der Waals surface area contributed by atoms with Crippen LogP contribution in [0.1, 0.15) is 25.3 Å². The lowest BCUT2D eigenvalue weighted by Crippen LogP contribution is -2.31. The highest BCUT2D eigenvalue weighted by Crippen LogP contribution is 2.49. The van der Waals surface area contributed by atoms with Crippen LogP contribution >= 0.6 is 0 Å². The number of carbonyl (C=O) groups excluding carboxylic acids is 1. The van der Waals surface area contributed by atoms with Crippen molar-refractivity contribution in [1.82, 2.24) is 4.90 Å². The van der Waals surface area contributed by atoms with Crippen molar-refractivity contribution in [1.29, 1.82) is 0 Å². The molecule has 2 aliphatic rings. The summed E-state index contributed by atoms with van der Waals surface area (Å²) in [7, 11) is 0. The second-order valence-electron chi connectivity index (χ2n) is 6.24. The summed E-state index contributed by atoms with van der Waals surface area (Å²) in [4.78, 5) is 13.7. The molecule has 3 nitrogen and oxygen atoms in total. The van der Waals surface area contributed by atoms with Gasteiger partial charge in [0.05, 0.1) is 0 Å². The Kier molecular flexibility index (Phi) is 3.40. The van der Waals surface area contributed by atoms with E-state index in [0.717, 1.165) is 12.0 Å². The van der Waals surface area contributed by atoms with Crippen LogP contribution in [0.25, 0.3) is 0 Å². The lowest BCUT2D eigenvalue weighted by atomic mass is 9.83. The molecule has 1 aliphatic carbocycles. The summed E-state index contributed by atoms with van der Waals surface area (Å²) in [6, 6.07) is 9.60. The second-order valence-corrected chi connectivity index (χ2v) is 6.24. The standard InChI is InChI=1S/C16H20FNO2/c1-16-8-7-14(17)13(16)9-18(11-16)15(19)20-10-12-5-3-2-4-6-12/h2-6,13-14H,7-11H2,1H3/t13-,14+,16-/m0/s1. The number of ether oxygens (including phenoxy) is 1. The maximum Gasteiger partial charge on any atom is 0.410 e. The van der Waals surface area contributed by atoms with E-state index in [0.29, 0.717) is 19.5 Å². The van der Waals surface area contributed by atoms with Crippen LogP contribution < -0.4 is 0 Å². The normalized spacial score (nSPS) is 32.2. The lowest BCUT2D eigenvalue weighted by molar-refractivity contribution is 0.0985. The Hall–Kier alpha value is -1.58. The third-order valence-electron chi connectivity index (χ3n) is 4.76. The van der Waals surface area contributed by atoms with Crippen molar-refractivity contribution in [2.45, 2.75) is 32.5 Å². The minimum atomic E-state index is -0.771. The summed E-state index contributed by atoms with van der Waals surface area (Å²) >= 11 is 0. The van der Waals surface area contributed by atoms with Crippen LogP contribution in [0, 0.1) is 11.3 Å². The lowest BCUT2D eigenvalue weighted by Gasteiger charge is -2.22. The van der Waals surface area contributed by atoms with Crippen LogP contribution in [-0.4, -0.2) is 30.3 Å². The highest BCUT2D eigenvalue weighted by Gasteiger charge is 2.52. The molecule has 1 saturated heterocycles. The Morgan fingerprint density at radius 2 is 2.20 bits per heavy atom. The first-order chi connectivity index (χ1) is 9.58. The van der Waals surface area contributed by atoms with Crippen LogP contribution in [0.15, 0.2) is 30.3 Å². The second kappa shape index (κ2) is 5.08. The van der Waals surface area contributed by atoms with Crippen LogP contribution in [0.5, 0.6) is 0 Å². The van der Waals surface area contributed by atoms with Crippen LogP contribution in [0.2, 0.25) is 0 Å². The molecule has 1 aliphatic heterocycles. The number of hydrogen-bond acceptors (Lipinski definition) is 2. The minimum absolute atomic E-state index is 0.0215. The molecule has 108 valence electrons. The van der Waals surface area contributed by atoms with Gasteiger partial charge in [0.1, 0.15) is 12.8 Å². The van der Waals surface area contributed by atoms with E-state index in [1.165, 1.54) is 0 Å². The van der Waals surface area contributed by atoms with E-state index in [-0.39, 0.29) is 24.0 Å². The topological polar surface area (TPSA) is 29.5 Å². The van der Waals surface area contributed by atoms with Gasteiger partial charge in [-0.3, -0.25) is 0 Å². The van der Waals surface area contributed by atoms with E-state index in [1.54, 1.807) is 4.90 Å². The summed E-state index contributed by atoms with van der Waals surface area (Å²) in [5.74, 6) is -0.0215. The van der Waals surface area contributed by atoms with Crippen molar-refractivity contribution in [3.8, 4) is 0 Å². The number of likely N-dealkylation sites (tertiary alicyclic amines) is 1. The number of amides is 1. The number of hydrogen-bond donors (Lipinski definition) is 0. The van der Waals surface area contributed by atoms with Gasteiger partial charge in [-0.05, 0) is 23.8 Å². The molecular weight excluding hydrogens is 257 g/mol. The van der Waals surface area contributed by atoms with Gasteiger partial charge < -0.3 is 9.64 Å². The van der Waals surface area contributed by atoms with Crippen molar-refractivity contribution in [2.75, 3.05) is 13.1 Å². The molecule has 1 aromatic carbocycles. The fourth-order valence-corrected chi connectivity index (χ4v) is 3.51. The van der Waals surface area contributed by atoms with E-state index in [4.69, 9.17) is 4.74 Å². The molecule has 3 rings (SSSR count). The molecule has 0 aromatic heterocycles. The van der Waals surface area contributed by atoms with E-state index in [9.17, 15) is 9.18 Å². The predicted molar refractivity (Wildman–Crippen MR) is 73.9 cm³/mol. The smallest absolute Gasteiger partial charge is 0.410 e. The van der Waals surface area contributed by atoms with Gasteiger partial charge in [-0.1, -0.05) is 37.3 Å². The Labute approximate surface area is 118 Å². The minimum Gasteiger partial charge on any atom is -0.445 e. The zero-order valence-electron chi connectivity index (χ0n) is 11.7. The van der Waals surface area contributed by atoms with E-state index >= 15 is 0 Å². The number of halogens is 1. The van der Waals surface area contributed by atoms with Gasteiger partial charge >= 0.3 is 6.09 Å².